The molecule has 24 heavy (non-hydrogen) atoms. The molecule has 1 heterocycles. The molecule has 2 N–H and O–H groups in total. The first-order chi connectivity index (χ1) is 11.5. The molecule has 2 aliphatic rings. The number of carbonyl (C=O) groups excluding carboxylic acids is 1. The lowest BCUT2D eigenvalue weighted by Gasteiger charge is -2.34. The van der Waals surface area contributed by atoms with Crippen molar-refractivity contribution >= 4 is 11.6 Å². The Morgan fingerprint density at radius 2 is 1.92 bits per heavy atom. The Kier molecular flexibility index (Phi) is 5.09. The van der Waals surface area contributed by atoms with Crippen molar-refractivity contribution in [2.75, 3.05) is 18.0 Å². The number of carbonyl (C=O) groups is 1. The van der Waals surface area contributed by atoms with Crippen LogP contribution in [0.3, 0.4) is 0 Å². The SMILES string of the molecule is CC(NC(=O)C(C)C1CC1)c1cc(F)ccc1N1CCC(O)CC1. The van der Waals surface area contributed by atoms with Gasteiger partial charge in [-0.25, -0.2) is 4.39 Å². The maximum atomic E-state index is 13.8. The van der Waals surface area contributed by atoms with E-state index in [4.69, 9.17) is 0 Å². The average Bonchev–Trinajstić information content (AvgIpc) is 3.40. The van der Waals surface area contributed by atoms with Gasteiger partial charge in [0.2, 0.25) is 5.91 Å². The standard InChI is InChI=1S/C19H27FN2O2/c1-12(14-3-4-14)19(24)21-13(2)17-11-15(20)5-6-18(17)22-9-7-16(23)8-10-22/h5-6,11-14,16,23H,3-4,7-10H2,1-2H3,(H,21,24). The zero-order valence-corrected chi connectivity index (χ0v) is 14.5. The number of piperidine rings is 1. The fraction of sp³-hybridized carbons (Fsp3) is 0.632. The number of amides is 1. The van der Waals surface area contributed by atoms with Crippen LogP contribution in [0.2, 0.25) is 0 Å². The van der Waals surface area contributed by atoms with E-state index in [9.17, 15) is 14.3 Å². The molecule has 132 valence electrons. The highest BCUT2D eigenvalue weighted by molar-refractivity contribution is 5.79. The molecular weight excluding hydrogens is 307 g/mol. The number of nitrogens with one attached hydrogen (secondary N) is 1. The van der Waals surface area contributed by atoms with Crippen molar-refractivity contribution in [3.63, 3.8) is 0 Å². The lowest BCUT2D eigenvalue weighted by Crippen LogP contribution is -2.38. The largest absolute Gasteiger partial charge is 0.393 e. The van der Waals surface area contributed by atoms with E-state index in [1.54, 1.807) is 6.07 Å². The van der Waals surface area contributed by atoms with E-state index < -0.39 is 0 Å². The molecule has 2 atom stereocenters. The Balaban J connectivity index is 1.75. The van der Waals surface area contributed by atoms with E-state index in [0.29, 0.717) is 5.92 Å². The van der Waals surface area contributed by atoms with Gasteiger partial charge in [0, 0.05) is 30.3 Å². The van der Waals surface area contributed by atoms with Crippen LogP contribution in [-0.4, -0.2) is 30.2 Å². The number of hydrogen-bond donors (Lipinski definition) is 2. The normalized spacial score (nSPS) is 21.4. The summed E-state index contributed by atoms with van der Waals surface area (Å²) in [7, 11) is 0. The molecule has 0 aromatic heterocycles. The highest BCUT2D eigenvalue weighted by atomic mass is 19.1. The summed E-state index contributed by atoms with van der Waals surface area (Å²) < 4.78 is 13.8. The summed E-state index contributed by atoms with van der Waals surface area (Å²) in [6.07, 6.45) is 3.45. The Morgan fingerprint density at radius 3 is 2.54 bits per heavy atom. The van der Waals surface area contributed by atoms with Crippen molar-refractivity contribution in [1.29, 1.82) is 0 Å². The molecule has 0 bridgehead atoms. The minimum Gasteiger partial charge on any atom is -0.393 e. The fourth-order valence-corrected chi connectivity index (χ4v) is 3.50. The van der Waals surface area contributed by atoms with Crippen LogP contribution in [0, 0.1) is 17.7 Å². The van der Waals surface area contributed by atoms with Crippen molar-refractivity contribution in [3.8, 4) is 0 Å². The zero-order chi connectivity index (χ0) is 17.3. The summed E-state index contributed by atoms with van der Waals surface area (Å²) >= 11 is 0. The Morgan fingerprint density at radius 1 is 1.25 bits per heavy atom. The number of halogens is 1. The van der Waals surface area contributed by atoms with Gasteiger partial charge in [-0.15, -0.1) is 0 Å². The van der Waals surface area contributed by atoms with E-state index in [0.717, 1.165) is 50.0 Å². The second-order valence-electron chi connectivity index (χ2n) is 7.28. The molecule has 2 unspecified atom stereocenters. The number of aliphatic hydroxyl groups is 1. The topological polar surface area (TPSA) is 52.6 Å². The van der Waals surface area contributed by atoms with Crippen LogP contribution in [0.25, 0.3) is 0 Å². The van der Waals surface area contributed by atoms with Crippen LogP contribution >= 0.6 is 0 Å². The molecule has 1 aliphatic carbocycles. The minimum absolute atomic E-state index is 0.0228. The van der Waals surface area contributed by atoms with Gasteiger partial charge in [-0.1, -0.05) is 6.92 Å². The lowest BCUT2D eigenvalue weighted by atomic mass is 10.00. The van der Waals surface area contributed by atoms with Crippen molar-refractivity contribution in [2.24, 2.45) is 11.8 Å². The van der Waals surface area contributed by atoms with Crippen LogP contribution in [0.15, 0.2) is 18.2 Å². The second kappa shape index (κ2) is 7.09. The van der Waals surface area contributed by atoms with Gasteiger partial charge in [0.25, 0.3) is 0 Å². The number of aliphatic hydroxyl groups excluding tert-OH is 1. The van der Waals surface area contributed by atoms with E-state index in [-0.39, 0.29) is 29.8 Å². The third-order valence-electron chi connectivity index (χ3n) is 5.36. The molecule has 1 amide bonds. The molecule has 4 nitrogen and oxygen atoms in total. The van der Waals surface area contributed by atoms with Crippen molar-refractivity contribution < 1.29 is 14.3 Å². The summed E-state index contributed by atoms with van der Waals surface area (Å²) in [6.45, 7) is 5.38. The molecule has 5 heteroatoms. The highest BCUT2D eigenvalue weighted by Gasteiger charge is 2.33. The van der Waals surface area contributed by atoms with Gasteiger partial charge < -0.3 is 15.3 Å². The van der Waals surface area contributed by atoms with Crippen LogP contribution in [0.1, 0.15) is 51.1 Å². The van der Waals surface area contributed by atoms with Gasteiger partial charge in [-0.2, -0.15) is 0 Å². The molecule has 1 saturated heterocycles. The van der Waals surface area contributed by atoms with E-state index >= 15 is 0 Å². The molecule has 1 aliphatic heterocycles. The van der Waals surface area contributed by atoms with Crippen molar-refractivity contribution in [1.82, 2.24) is 5.32 Å². The van der Waals surface area contributed by atoms with Crippen molar-refractivity contribution in [2.45, 2.75) is 51.7 Å². The maximum absolute atomic E-state index is 13.8. The molecule has 0 radical (unpaired) electrons. The smallest absolute Gasteiger partial charge is 0.223 e. The average molecular weight is 334 g/mol. The summed E-state index contributed by atoms with van der Waals surface area (Å²) in [5, 5.41) is 12.7. The number of hydrogen-bond acceptors (Lipinski definition) is 3. The summed E-state index contributed by atoms with van der Waals surface area (Å²) in [5.41, 5.74) is 1.76. The molecule has 1 saturated carbocycles. The first-order valence-electron chi connectivity index (χ1n) is 8.98. The summed E-state index contributed by atoms with van der Waals surface area (Å²) in [6, 6.07) is 4.53. The number of benzene rings is 1. The Labute approximate surface area is 143 Å². The highest BCUT2D eigenvalue weighted by Crippen LogP contribution is 2.37. The summed E-state index contributed by atoms with van der Waals surface area (Å²) in [4.78, 5) is 14.5. The predicted molar refractivity (Wildman–Crippen MR) is 92.3 cm³/mol. The quantitative estimate of drug-likeness (QED) is 0.870. The van der Waals surface area contributed by atoms with Crippen LogP contribution in [-0.2, 0) is 4.79 Å². The van der Waals surface area contributed by atoms with Gasteiger partial charge in [0.1, 0.15) is 5.82 Å². The molecule has 0 spiro atoms. The fourth-order valence-electron chi connectivity index (χ4n) is 3.50. The van der Waals surface area contributed by atoms with Gasteiger partial charge >= 0.3 is 0 Å². The lowest BCUT2D eigenvalue weighted by molar-refractivity contribution is -0.125. The van der Waals surface area contributed by atoms with Gasteiger partial charge in [0.05, 0.1) is 12.1 Å². The number of rotatable bonds is 5. The number of nitrogens with zero attached hydrogens (tertiary/aromatic N) is 1. The zero-order valence-electron chi connectivity index (χ0n) is 14.5. The predicted octanol–water partition coefficient (Wildman–Crippen LogP) is 3.01. The first-order valence-corrected chi connectivity index (χ1v) is 8.98. The molecule has 3 rings (SSSR count). The van der Waals surface area contributed by atoms with Gasteiger partial charge in [-0.05, 0) is 56.7 Å². The number of anilines is 1. The van der Waals surface area contributed by atoms with Crippen LogP contribution < -0.4 is 10.2 Å². The van der Waals surface area contributed by atoms with Crippen LogP contribution in [0.5, 0.6) is 0 Å². The second-order valence-corrected chi connectivity index (χ2v) is 7.28. The summed E-state index contributed by atoms with van der Waals surface area (Å²) in [5.74, 6) is 0.291. The maximum Gasteiger partial charge on any atom is 0.223 e. The Bertz CT molecular complexity index is 595. The van der Waals surface area contributed by atoms with E-state index in [1.165, 1.54) is 12.1 Å². The minimum atomic E-state index is -0.290. The van der Waals surface area contributed by atoms with E-state index in [2.05, 4.69) is 10.2 Å². The molecule has 1 aromatic carbocycles. The third kappa shape index (κ3) is 3.89. The first kappa shape index (κ1) is 17.2. The van der Waals surface area contributed by atoms with E-state index in [1.807, 2.05) is 13.8 Å². The van der Waals surface area contributed by atoms with Gasteiger partial charge in [0.15, 0.2) is 0 Å². The monoisotopic (exact) mass is 334 g/mol. The molecule has 2 fully saturated rings. The molecule has 1 aromatic rings. The van der Waals surface area contributed by atoms with Crippen LogP contribution in [0.4, 0.5) is 10.1 Å². The molecular formula is C19H27FN2O2. The van der Waals surface area contributed by atoms with Crippen molar-refractivity contribution in [3.05, 3.63) is 29.6 Å². The third-order valence-corrected chi connectivity index (χ3v) is 5.36. The Hall–Kier alpha value is -1.62. The van der Waals surface area contributed by atoms with Gasteiger partial charge in [-0.3, -0.25) is 4.79 Å².